The van der Waals surface area contributed by atoms with E-state index < -0.39 is 11.9 Å². The van der Waals surface area contributed by atoms with Crippen molar-refractivity contribution in [1.82, 2.24) is 20.3 Å². The quantitative estimate of drug-likeness (QED) is 0.919. The van der Waals surface area contributed by atoms with Gasteiger partial charge in [0.25, 0.3) is 5.91 Å². The Morgan fingerprint density at radius 1 is 1.24 bits per heavy atom. The molecule has 2 aromatic heterocycles. The summed E-state index contributed by atoms with van der Waals surface area (Å²) < 4.78 is 38.5. The van der Waals surface area contributed by atoms with Crippen molar-refractivity contribution >= 4 is 11.6 Å². The van der Waals surface area contributed by atoms with Gasteiger partial charge in [-0.3, -0.25) is 9.78 Å². The monoisotopic (exact) mass is 351 g/mol. The third-order valence-electron chi connectivity index (χ3n) is 3.97. The average molecular weight is 351 g/mol. The molecule has 2 aromatic rings. The van der Waals surface area contributed by atoms with Crippen molar-refractivity contribution in [3.63, 3.8) is 0 Å². The second-order valence-electron chi connectivity index (χ2n) is 5.75. The number of pyridine rings is 1. The van der Waals surface area contributed by atoms with Crippen LogP contribution in [0.15, 0.2) is 36.9 Å². The fraction of sp³-hybridized carbons (Fsp3) is 0.375. The molecule has 1 aliphatic heterocycles. The number of alkyl halides is 3. The van der Waals surface area contributed by atoms with Crippen LogP contribution in [0, 0.1) is 0 Å². The lowest BCUT2D eigenvalue weighted by Crippen LogP contribution is -2.48. The average Bonchev–Trinajstić information content (AvgIpc) is 2.62. The van der Waals surface area contributed by atoms with Crippen LogP contribution in [0.4, 0.5) is 18.9 Å². The van der Waals surface area contributed by atoms with E-state index in [1.807, 2.05) is 4.90 Å². The van der Waals surface area contributed by atoms with Crippen LogP contribution in [0.3, 0.4) is 0 Å². The highest BCUT2D eigenvalue weighted by atomic mass is 19.4. The Labute approximate surface area is 142 Å². The molecular formula is C16H16F3N5O. The summed E-state index contributed by atoms with van der Waals surface area (Å²) in [7, 11) is 0. The van der Waals surface area contributed by atoms with Gasteiger partial charge in [0.1, 0.15) is 17.7 Å². The maximum absolute atomic E-state index is 12.8. The minimum Gasteiger partial charge on any atom is -0.369 e. The zero-order chi connectivity index (χ0) is 17.9. The molecule has 0 bridgehead atoms. The van der Waals surface area contributed by atoms with Gasteiger partial charge >= 0.3 is 6.18 Å². The maximum Gasteiger partial charge on any atom is 0.433 e. The number of rotatable bonds is 3. The van der Waals surface area contributed by atoms with Crippen molar-refractivity contribution in [2.45, 2.75) is 25.1 Å². The molecule has 1 fully saturated rings. The molecule has 0 aromatic carbocycles. The number of hydrogen-bond acceptors (Lipinski definition) is 5. The van der Waals surface area contributed by atoms with Crippen LogP contribution in [-0.2, 0) is 6.18 Å². The zero-order valence-electron chi connectivity index (χ0n) is 13.2. The minimum atomic E-state index is -4.48. The molecule has 1 atom stereocenters. The molecule has 9 heteroatoms. The molecular weight excluding hydrogens is 335 g/mol. The summed E-state index contributed by atoms with van der Waals surface area (Å²) >= 11 is 0. The molecule has 0 radical (unpaired) electrons. The van der Waals surface area contributed by atoms with Gasteiger partial charge in [0.15, 0.2) is 0 Å². The predicted molar refractivity (Wildman–Crippen MR) is 84.0 cm³/mol. The highest BCUT2D eigenvalue weighted by molar-refractivity contribution is 5.92. The molecule has 1 unspecified atom stereocenters. The highest BCUT2D eigenvalue weighted by Gasteiger charge is 2.33. The van der Waals surface area contributed by atoms with Crippen molar-refractivity contribution in [2.24, 2.45) is 0 Å². The highest BCUT2D eigenvalue weighted by Crippen LogP contribution is 2.30. The molecule has 3 heterocycles. The number of hydrogen-bond donors (Lipinski definition) is 1. The van der Waals surface area contributed by atoms with E-state index in [0.29, 0.717) is 18.8 Å². The Bertz CT molecular complexity index is 738. The van der Waals surface area contributed by atoms with Gasteiger partial charge in [-0.1, -0.05) is 0 Å². The van der Waals surface area contributed by atoms with Gasteiger partial charge in [0.2, 0.25) is 0 Å². The van der Waals surface area contributed by atoms with E-state index in [2.05, 4.69) is 20.3 Å². The smallest absolute Gasteiger partial charge is 0.369 e. The second kappa shape index (κ2) is 7.04. The number of aromatic nitrogens is 3. The molecule has 0 spiro atoms. The van der Waals surface area contributed by atoms with Gasteiger partial charge in [0, 0.05) is 37.2 Å². The molecule has 1 aliphatic rings. The number of nitrogens with zero attached hydrogens (tertiary/aromatic N) is 4. The van der Waals surface area contributed by atoms with Crippen molar-refractivity contribution in [3.05, 3.63) is 48.3 Å². The Morgan fingerprint density at radius 2 is 2.08 bits per heavy atom. The fourth-order valence-corrected chi connectivity index (χ4v) is 2.78. The molecule has 3 rings (SSSR count). The fourth-order valence-electron chi connectivity index (χ4n) is 2.78. The van der Waals surface area contributed by atoms with Crippen LogP contribution in [0.1, 0.15) is 29.0 Å². The number of anilines is 1. The Hall–Kier alpha value is -2.71. The summed E-state index contributed by atoms with van der Waals surface area (Å²) in [5.74, 6) is -0.319. The van der Waals surface area contributed by atoms with Gasteiger partial charge in [-0.05, 0) is 31.0 Å². The summed E-state index contributed by atoms with van der Waals surface area (Å²) in [6.07, 6.45) is 0.957. The largest absolute Gasteiger partial charge is 0.433 e. The topological polar surface area (TPSA) is 71.0 Å². The van der Waals surface area contributed by atoms with E-state index >= 15 is 0 Å². The number of piperidine rings is 1. The Morgan fingerprint density at radius 3 is 2.80 bits per heavy atom. The third-order valence-corrected chi connectivity index (χ3v) is 3.97. The van der Waals surface area contributed by atoms with Gasteiger partial charge in [-0.2, -0.15) is 13.2 Å². The number of carbonyl (C=O) groups excluding carboxylic acids is 1. The van der Waals surface area contributed by atoms with Gasteiger partial charge < -0.3 is 10.2 Å². The molecule has 6 nitrogen and oxygen atoms in total. The van der Waals surface area contributed by atoms with Crippen LogP contribution in [-0.4, -0.2) is 40.0 Å². The predicted octanol–water partition coefficient (Wildman–Crippen LogP) is 2.29. The summed E-state index contributed by atoms with van der Waals surface area (Å²) in [6, 6.07) is 3.92. The van der Waals surface area contributed by atoms with Gasteiger partial charge in [-0.25, -0.2) is 9.97 Å². The van der Waals surface area contributed by atoms with Crippen LogP contribution < -0.4 is 10.2 Å². The lowest BCUT2D eigenvalue weighted by molar-refractivity contribution is -0.141. The van der Waals surface area contributed by atoms with Gasteiger partial charge in [-0.15, -0.1) is 0 Å². The van der Waals surface area contributed by atoms with Gasteiger partial charge in [0.05, 0.1) is 0 Å². The maximum atomic E-state index is 12.8. The van der Waals surface area contributed by atoms with Crippen molar-refractivity contribution < 1.29 is 18.0 Å². The first-order valence-corrected chi connectivity index (χ1v) is 7.78. The first kappa shape index (κ1) is 17.1. The van der Waals surface area contributed by atoms with E-state index in [4.69, 9.17) is 0 Å². The number of amides is 1. The Kier molecular flexibility index (Phi) is 4.82. The molecule has 0 aliphatic carbocycles. The summed E-state index contributed by atoms with van der Waals surface area (Å²) in [6.45, 7) is 1.05. The van der Waals surface area contributed by atoms with E-state index in [1.165, 1.54) is 18.6 Å². The lowest BCUT2D eigenvalue weighted by atomic mass is 10.0. The molecule has 1 saturated heterocycles. The van der Waals surface area contributed by atoms with Crippen LogP contribution in [0.2, 0.25) is 0 Å². The number of halogens is 3. The van der Waals surface area contributed by atoms with Crippen molar-refractivity contribution in [2.75, 3.05) is 18.0 Å². The lowest BCUT2D eigenvalue weighted by Gasteiger charge is -2.34. The number of nitrogens with one attached hydrogen (secondary N) is 1. The molecule has 0 saturated carbocycles. The Balaban J connectivity index is 1.68. The van der Waals surface area contributed by atoms with Crippen molar-refractivity contribution in [1.29, 1.82) is 0 Å². The van der Waals surface area contributed by atoms with E-state index in [-0.39, 0.29) is 17.6 Å². The second-order valence-corrected chi connectivity index (χ2v) is 5.75. The van der Waals surface area contributed by atoms with E-state index in [0.717, 1.165) is 25.1 Å². The normalized spacial score (nSPS) is 18.0. The molecule has 25 heavy (non-hydrogen) atoms. The summed E-state index contributed by atoms with van der Waals surface area (Å²) in [5.41, 5.74) is -0.212. The van der Waals surface area contributed by atoms with Crippen molar-refractivity contribution in [3.8, 4) is 0 Å². The minimum absolute atomic E-state index is 0.168. The summed E-state index contributed by atoms with van der Waals surface area (Å²) in [4.78, 5) is 25.0. The molecule has 1 N–H and O–H groups in total. The SMILES string of the molecule is O=C(NC1CCCN(c2ccnc(C(F)(F)F)c2)C1)c1ccncn1. The molecule has 1 amide bonds. The standard InChI is InChI=1S/C16H16F3N5O/c17-16(18,19)14-8-12(3-6-21-14)24-7-1-2-11(9-24)23-15(25)13-4-5-20-10-22-13/h3-6,8,10-11H,1-2,7,9H2,(H,23,25). The van der Waals surface area contributed by atoms with Crippen LogP contribution >= 0.6 is 0 Å². The summed E-state index contributed by atoms with van der Waals surface area (Å²) in [5, 5.41) is 2.87. The van der Waals surface area contributed by atoms with Crippen LogP contribution in [0.25, 0.3) is 0 Å². The zero-order valence-corrected chi connectivity index (χ0v) is 13.2. The van der Waals surface area contributed by atoms with E-state index in [9.17, 15) is 18.0 Å². The van der Waals surface area contributed by atoms with Crippen LogP contribution in [0.5, 0.6) is 0 Å². The number of carbonyl (C=O) groups is 1. The first-order chi connectivity index (χ1) is 11.9. The van der Waals surface area contributed by atoms with E-state index in [1.54, 1.807) is 6.07 Å². The first-order valence-electron chi connectivity index (χ1n) is 7.78. The molecule has 132 valence electrons. The third kappa shape index (κ3) is 4.23.